The van der Waals surface area contributed by atoms with Crippen molar-refractivity contribution in [2.24, 2.45) is 0 Å². The molecule has 0 fully saturated rings. The van der Waals surface area contributed by atoms with Gasteiger partial charge in [-0.1, -0.05) is 19.1 Å². The van der Waals surface area contributed by atoms with E-state index >= 15 is 0 Å². The van der Waals surface area contributed by atoms with Gasteiger partial charge in [-0.05, 0) is 25.5 Å². The first-order valence-corrected chi connectivity index (χ1v) is 5.90. The van der Waals surface area contributed by atoms with Crippen LogP contribution in [0.5, 0.6) is 0 Å². The van der Waals surface area contributed by atoms with Gasteiger partial charge in [0, 0.05) is 4.88 Å². The molecule has 3 heteroatoms. The van der Waals surface area contributed by atoms with E-state index in [0.29, 0.717) is 6.61 Å². The van der Waals surface area contributed by atoms with E-state index in [1.54, 1.807) is 11.3 Å². The highest BCUT2D eigenvalue weighted by Gasteiger charge is 2.08. The van der Waals surface area contributed by atoms with Crippen LogP contribution in [0.4, 0.5) is 0 Å². The van der Waals surface area contributed by atoms with E-state index in [4.69, 9.17) is 4.74 Å². The Bertz CT molecular complexity index is 339. The Balaban J connectivity index is 2.39. The molecule has 0 amide bonds. The van der Waals surface area contributed by atoms with Crippen molar-refractivity contribution in [2.75, 3.05) is 13.2 Å². The SMILES string of the molecule is CC=CCOCC(=O)c1ccc(CC)s1. The summed E-state index contributed by atoms with van der Waals surface area (Å²) >= 11 is 1.56. The van der Waals surface area contributed by atoms with E-state index in [9.17, 15) is 4.79 Å². The van der Waals surface area contributed by atoms with Crippen molar-refractivity contribution in [1.29, 1.82) is 0 Å². The monoisotopic (exact) mass is 224 g/mol. The van der Waals surface area contributed by atoms with Crippen molar-refractivity contribution in [3.63, 3.8) is 0 Å². The summed E-state index contributed by atoms with van der Waals surface area (Å²) in [5.41, 5.74) is 0. The molecule has 1 heterocycles. The Hall–Kier alpha value is -0.930. The number of Topliss-reactive ketones (excluding diaryl/α,β-unsaturated/α-hetero) is 1. The lowest BCUT2D eigenvalue weighted by atomic mass is 10.3. The Morgan fingerprint density at radius 1 is 1.53 bits per heavy atom. The zero-order valence-corrected chi connectivity index (χ0v) is 9.97. The Labute approximate surface area is 94.6 Å². The van der Waals surface area contributed by atoms with Gasteiger partial charge in [0.05, 0.1) is 11.5 Å². The molecule has 1 aromatic heterocycles. The number of ether oxygens (including phenoxy) is 1. The van der Waals surface area contributed by atoms with Crippen LogP contribution in [0.15, 0.2) is 24.3 Å². The molecular weight excluding hydrogens is 208 g/mol. The molecule has 0 aliphatic carbocycles. The molecule has 0 aliphatic rings. The van der Waals surface area contributed by atoms with Gasteiger partial charge in [0.25, 0.3) is 0 Å². The van der Waals surface area contributed by atoms with Gasteiger partial charge < -0.3 is 4.74 Å². The van der Waals surface area contributed by atoms with Crippen molar-refractivity contribution in [1.82, 2.24) is 0 Å². The lowest BCUT2D eigenvalue weighted by Crippen LogP contribution is -2.07. The van der Waals surface area contributed by atoms with E-state index in [1.165, 1.54) is 4.88 Å². The second-order valence-corrected chi connectivity index (χ2v) is 4.30. The Morgan fingerprint density at radius 2 is 2.33 bits per heavy atom. The molecule has 0 N–H and O–H groups in total. The number of hydrogen-bond donors (Lipinski definition) is 0. The van der Waals surface area contributed by atoms with Gasteiger partial charge >= 0.3 is 0 Å². The molecule has 0 spiro atoms. The fourth-order valence-electron chi connectivity index (χ4n) is 1.10. The molecule has 0 aliphatic heterocycles. The second kappa shape index (κ2) is 6.53. The molecule has 0 saturated heterocycles. The minimum Gasteiger partial charge on any atom is -0.369 e. The Kier molecular flexibility index (Phi) is 5.29. The van der Waals surface area contributed by atoms with Crippen LogP contribution in [0, 0.1) is 0 Å². The summed E-state index contributed by atoms with van der Waals surface area (Å²) in [6, 6.07) is 3.88. The van der Waals surface area contributed by atoms with Crippen LogP contribution in [0.25, 0.3) is 0 Å². The summed E-state index contributed by atoms with van der Waals surface area (Å²) in [6.45, 7) is 4.70. The molecule has 0 aromatic carbocycles. The minimum absolute atomic E-state index is 0.0733. The van der Waals surface area contributed by atoms with E-state index in [2.05, 4.69) is 6.92 Å². The van der Waals surface area contributed by atoms with E-state index in [0.717, 1.165) is 11.3 Å². The highest BCUT2D eigenvalue weighted by atomic mass is 32.1. The van der Waals surface area contributed by atoms with Gasteiger partial charge in [0.1, 0.15) is 6.61 Å². The van der Waals surface area contributed by atoms with Crippen molar-refractivity contribution in [3.05, 3.63) is 34.0 Å². The predicted molar refractivity (Wildman–Crippen MR) is 63.7 cm³/mol. The lowest BCUT2D eigenvalue weighted by molar-refractivity contribution is 0.0810. The van der Waals surface area contributed by atoms with Crippen molar-refractivity contribution < 1.29 is 9.53 Å². The summed E-state index contributed by atoms with van der Waals surface area (Å²) in [6.07, 6.45) is 4.78. The average Bonchev–Trinajstić information content (AvgIpc) is 2.72. The highest BCUT2D eigenvalue weighted by molar-refractivity contribution is 7.14. The maximum atomic E-state index is 11.6. The number of thiophene rings is 1. The van der Waals surface area contributed by atoms with Crippen molar-refractivity contribution in [3.8, 4) is 0 Å². The van der Waals surface area contributed by atoms with Gasteiger partial charge in [-0.15, -0.1) is 11.3 Å². The van der Waals surface area contributed by atoms with E-state index in [1.807, 2.05) is 31.2 Å². The number of hydrogen-bond acceptors (Lipinski definition) is 3. The maximum Gasteiger partial charge on any atom is 0.198 e. The summed E-state index contributed by atoms with van der Waals surface area (Å²) in [4.78, 5) is 13.6. The largest absolute Gasteiger partial charge is 0.369 e. The normalized spacial score (nSPS) is 11.1. The zero-order valence-electron chi connectivity index (χ0n) is 9.16. The van der Waals surface area contributed by atoms with Crippen LogP contribution < -0.4 is 0 Å². The third kappa shape index (κ3) is 3.98. The third-order valence-corrected chi connectivity index (χ3v) is 3.24. The molecule has 2 nitrogen and oxygen atoms in total. The highest BCUT2D eigenvalue weighted by Crippen LogP contribution is 2.17. The summed E-state index contributed by atoms with van der Waals surface area (Å²) in [5.74, 6) is 0.0733. The molecule has 1 aromatic rings. The van der Waals surface area contributed by atoms with Gasteiger partial charge in [0.15, 0.2) is 5.78 Å². The number of allylic oxidation sites excluding steroid dienone is 1. The predicted octanol–water partition coefficient (Wildman–Crippen LogP) is 3.09. The first kappa shape index (κ1) is 12.1. The van der Waals surface area contributed by atoms with Gasteiger partial charge in [0.2, 0.25) is 0 Å². The van der Waals surface area contributed by atoms with Crippen LogP contribution in [0.3, 0.4) is 0 Å². The number of rotatable bonds is 6. The zero-order chi connectivity index (χ0) is 11.1. The minimum atomic E-state index is 0.0733. The number of ketones is 1. The van der Waals surface area contributed by atoms with Crippen LogP contribution in [0.1, 0.15) is 28.4 Å². The molecular formula is C12H16O2S. The summed E-state index contributed by atoms with van der Waals surface area (Å²) < 4.78 is 5.20. The summed E-state index contributed by atoms with van der Waals surface area (Å²) in [5, 5.41) is 0. The molecule has 82 valence electrons. The third-order valence-electron chi connectivity index (χ3n) is 1.97. The molecule has 0 radical (unpaired) electrons. The molecule has 0 unspecified atom stereocenters. The standard InChI is InChI=1S/C12H16O2S/c1-3-5-8-14-9-11(13)12-7-6-10(4-2)15-12/h3,5-7H,4,8-9H2,1-2H3. The lowest BCUT2D eigenvalue weighted by Gasteiger charge is -1.97. The van der Waals surface area contributed by atoms with Crippen LogP contribution >= 0.6 is 11.3 Å². The number of aryl methyl sites for hydroxylation is 1. The average molecular weight is 224 g/mol. The van der Waals surface area contributed by atoms with E-state index < -0.39 is 0 Å². The quantitative estimate of drug-likeness (QED) is 0.421. The topological polar surface area (TPSA) is 26.3 Å². The van der Waals surface area contributed by atoms with Crippen LogP contribution in [0.2, 0.25) is 0 Å². The van der Waals surface area contributed by atoms with Gasteiger partial charge in [-0.2, -0.15) is 0 Å². The van der Waals surface area contributed by atoms with Crippen LogP contribution in [-0.4, -0.2) is 19.0 Å². The fourth-order valence-corrected chi connectivity index (χ4v) is 1.98. The molecule has 1 rings (SSSR count). The maximum absolute atomic E-state index is 11.6. The van der Waals surface area contributed by atoms with Gasteiger partial charge in [-0.3, -0.25) is 4.79 Å². The fraction of sp³-hybridized carbons (Fsp3) is 0.417. The van der Waals surface area contributed by atoms with E-state index in [-0.39, 0.29) is 12.4 Å². The van der Waals surface area contributed by atoms with Gasteiger partial charge in [-0.25, -0.2) is 0 Å². The molecule has 0 saturated carbocycles. The molecule has 15 heavy (non-hydrogen) atoms. The number of carbonyl (C=O) groups is 1. The summed E-state index contributed by atoms with van der Waals surface area (Å²) in [7, 11) is 0. The second-order valence-electron chi connectivity index (χ2n) is 3.13. The van der Waals surface area contributed by atoms with Crippen molar-refractivity contribution >= 4 is 17.1 Å². The Morgan fingerprint density at radius 3 is 2.93 bits per heavy atom. The smallest absolute Gasteiger partial charge is 0.198 e. The first-order valence-electron chi connectivity index (χ1n) is 5.08. The molecule has 0 atom stereocenters. The molecule has 0 bridgehead atoms. The first-order chi connectivity index (χ1) is 7.27. The van der Waals surface area contributed by atoms with Crippen molar-refractivity contribution in [2.45, 2.75) is 20.3 Å². The van der Waals surface area contributed by atoms with Crippen LogP contribution in [-0.2, 0) is 11.2 Å². The number of carbonyl (C=O) groups excluding carboxylic acids is 1.